The fraction of sp³-hybridized carbons (Fsp3) is 0.516. The molecule has 0 radical (unpaired) electrons. The minimum absolute atomic E-state index is 0.103. The predicted octanol–water partition coefficient (Wildman–Crippen LogP) is 5.34. The van der Waals surface area contributed by atoms with E-state index in [1.165, 1.54) is 17.0 Å². The third-order valence-corrected chi connectivity index (χ3v) is 6.36. The van der Waals surface area contributed by atoms with Crippen molar-refractivity contribution in [3.63, 3.8) is 0 Å². The van der Waals surface area contributed by atoms with Crippen LogP contribution in [0.5, 0.6) is 5.75 Å². The molecule has 2 rings (SSSR count). The van der Waals surface area contributed by atoms with Gasteiger partial charge in [-0.3, -0.25) is 9.59 Å². The number of ether oxygens (including phenoxy) is 1. The highest BCUT2D eigenvalue weighted by Gasteiger charge is 2.36. The summed E-state index contributed by atoms with van der Waals surface area (Å²) in [7, 11) is 0. The third kappa shape index (κ3) is 9.93. The average molecular weight is 540 g/mol. The molecule has 0 aliphatic carbocycles. The van der Waals surface area contributed by atoms with E-state index in [9.17, 15) is 19.5 Å². The summed E-state index contributed by atoms with van der Waals surface area (Å²) in [5, 5.41) is 15.5. The van der Waals surface area contributed by atoms with Crippen molar-refractivity contribution in [1.82, 2.24) is 15.5 Å². The summed E-state index contributed by atoms with van der Waals surface area (Å²) in [6.07, 6.45) is 2.32. The quantitative estimate of drug-likeness (QED) is 0.316. The van der Waals surface area contributed by atoms with Crippen LogP contribution in [0, 0.1) is 13.8 Å². The molecule has 2 unspecified atom stereocenters. The van der Waals surface area contributed by atoms with Crippen LogP contribution in [0.2, 0.25) is 0 Å². The summed E-state index contributed by atoms with van der Waals surface area (Å²) in [5.41, 5.74) is 2.62. The first-order valence-corrected chi connectivity index (χ1v) is 13.8. The standard InChI is InChI=1S/C31H45N3O5/c1-8-10-11-18-32-28(36)27(25-19-21(3)12-13-22(25)4)34(9-2)29(37)26(33-30(38)39-31(5,6)7)20-23-14-16-24(35)17-15-23/h12-17,19,26-27,35H,8-11,18,20H2,1-7H3,(H,32,36)(H,33,38). The lowest BCUT2D eigenvalue weighted by Crippen LogP contribution is -2.54. The van der Waals surface area contributed by atoms with Gasteiger partial charge in [-0.05, 0) is 76.8 Å². The second kappa shape index (κ2) is 14.6. The van der Waals surface area contributed by atoms with Gasteiger partial charge in [0, 0.05) is 19.5 Å². The highest BCUT2D eigenvalue weighted by molar-refractivity contribution is 5.92. The lowest BCUT2D eigenvalue weighted by atomic mass is 9.95. The molecule has 0 aromatic heterocycles. The lowest BCUT2D eigenvalue weighted by molar-refractivity contribution is -0.142. The molecule has 3 amide bonds. The van der Waals surface area contributed by atoms with Crippen LogP contribution in [-0.4, -0.2) is 52.6 Å². The third-order valence-electron chi connectivity index (χ3n) is 6.36. The number of benzene rings is 2. The maximum absolute atomic E-state index is 14.2. The van der Waals surface area contributed by atoms with E-state index in [4.69, 9.17) is 4.74 Å². The van der Waals surface area contributed by atoms with Crippen LogP contribution >= 0.6 is 0 Å². The zero-order chi connectivity index (χ0) is 29.2. The summed E-state index contributed by atoms with van der Waals surface area (Å²) in [6.45, 7) is 13.8. The molecular formula is C31H45N3O5. The van der Waals surface area contributed by atoms with E-state index in [0.29, 0.717) is 6.54 Å². The van der Waals surface area contributed by atoms with Gasteiger partial charge in [0.2, 0.25) is 11.8 Å². The monoisotopic (exact) mass is 539 g/mol. The Balaban J connectivity index is 2.48. The van der Waals surface area contributed by atoms with Crippen molar-refractivity contribution in [2.45, 2.75) is 91.8 Å². The smallest absolute Gasteiger partial charge is 0.408 e. The summed E-state index contributed by atoms with van der Waals surface area (Å²) < 4.78 is 5.45. The number of alkyl carbamates (subject to hydrolysis) is 1. The van der Waals surface area contributed by atoms with Crippen molar-refractivity contribution in [2.75, 3.05) is 13.1 Å². The largest absolute Gasteiger partial charge is 0.508 e. The Labute approximate surface area is 233 Å². The highest BCUT2D eigenvalue weighted by Crippen LogP contribution is 2.27. The molecular weight excluding hydrogens is 494 g/mol. The molecule has 0 saturated carbocycles. The van der Waals surface area contributed by atoms with Gasteiger partial charge >= 0.3 is 6.09 Å². The molecule has 39 heavy (non-hydrogen) atoms. The number of phenolic OH excluding ortho intramolecular Hbond substituents is 1. The van der Waals surface area contributed by atoms with Crippen LogP contribution in [0.4, 0.5) is 4.79 Å². The molecule has 0 aliphatic heterocycles. The molecule has 2 atom stereocenters. The fourth-order valence-electron chi connectivity index (χ4n) is 4.37. The first kappa shape index (κ1) is 31.7. The Kier molecular flexibility index (Phi) is 11.8. The van der Waals surface area contributed by atoms with E-state index in [0.717, 1.165) is 41.5 Å². The number of rotatable bonds is 12. The Morgan fingerprint density at radius 2 is 1.67 bits per heavy atom. The van der Waals surface area contributed by atoms with Crippen LogP contribution in [0.25, 0.3) is 0 Å². The number of amides is 3. The molecule has 0 heterocycles. The Hall–Kier alpha value is -3.55. The SMILES string of the molecule is CCCCCNC(=O)C(c1cc(C)ccc1C)N(CC)C(=O)C(Cc1ccc(O)cc1)NC(=O)OC(C)(C)C. The van der Waals surface area contributed by atoms with E-state index in [-0.39, 0.29) is 24.6 Å². The summed E-state index contributed by atoms with van der Waals surface area (Å²) in [5.74, 6) is -0.548. The number of hydrogen-bond acceptors (Lipinski definition) is 5. The van der Waals surface area contributed by atoms with Crippen molar-refractivity contribution in [3.05, 3.63) is 64.7 Å². The molecule has 0 bridgehead atoms. The van der Waals surface area contributed by atoms with Crippen LogP contribution in [-0.2, 0) is 20.7 Å². The minimum atomic E-state index is -0.996. The molecule has 0 aliphatic rings. The zero-order valence-corrected chi connectivity index (χ0v) is 24.5. The van der Waals surface area contributed by atoms with Gasteiger partial charge in [-0.2, -0.15) is 0 Å². The number of nitrogens with one attached hydrogen (secondary N) is 2. The molecule has 8 nitrogen and oxygen atoms in total. The number of aryl methyl sites for hydroxylation is 2. The molecule has 0 saturated heterocycles. The van der Waals surface area contributed by atoms with Gasteiger partial charge in [-0.25, -0.2) is 4.79 Å². The number of aromatic hydroxyl groups is 1. The number of hydrogen-bond donors (Lipinski definition) is 3. The second-order valence-corrected chi connectivity index (χ2v) is 11.0. The van der Waals surface area contributed by atoms with Crippen molar-refractivity contribution in [3.8, 4) is 5.75 Å². The summed E-state index contributed by atoms with van der Waals surface area (Å²) >= 11 is 0. The van der Waals surface area contributed by atoms with E-state index in [1.54, 1.807) is 32.9 Å². The van der Waals surface area contributed by atoms with Crippen LogP contribution in [0.15, 0.2) is 42.5 Å². The minimum Gasteiger partial charge on any atom is -0.508 e. The van der Waals surface area contributed by atoms with Crippen molar-refractivity contribution in [2.24, 2.45) is 0 Å². The van der Waals surface area contributed by atoms with E-state index in [1.807, 2.05) is 39.0 Å². The Morgan fingerprint density at radius 3 is 2.26 bits per heavy atom. The zero-order valence-electron chi connectivity index (χ0n) is 24.5. The second-order valence-electron chi connectivity index (χ2n) is 11.0. The first-order chi connectivity index (χ1) is 18.4. The van der Waals surface area contributed by atoms with Crippen molar-refractivity contribution in [1.29, 1.82) is 0 Å². The van der Waals surface area contributed by atoms with Gasteiger partial charge < -0.3 is 25.4 Å². The van der Waals surface area contributed by atoms with Gasteiger partial charge in [0.1, 0.15) is 23.4 Å². The van der Waals surface area contributed by atoms with Gasteiger partial charge in [-0.15, -0.1) is 0 Å². The number of carbonyl (C=O) groups excluding carboxylic acids is 3. The number of unbranched alkanes of at least 4 members (excludes halogenated alkanes) is 2. The topological polar surface area (TPSA) is 108 Å². The molecule has 2 aromatic carbocycles. The first-order valence-electron chi connectivity index (χ1n) is 13.8. The normalized spacial score (nSPS) is 12.8. The van der Waals surface area contributed by atoms with Crippen LogP contribution < -0.4 is 10.6 Å². The number of nitrogens with zero attached hydrogens (tertiary/aromatic N) is 1. The molecule has 3 N–H and O–H groups in total. The highest BCUT2D eigenvalue weighted by atomic mass is 16.6. The average Bonchev–Trinajstić information content (AvgIpc) is 2.86. The molecule has 0 spiro atoms. The lowest BCUT2D eigenvalue weighted by Gasteiger charge is -2.34. The van der Waals surface area contributed by atoms with Gasteiger partial charge in [0.15, 0.2) is 0 Å². The van der Waals surface area contributed by atoms with Gasteiger partial charge in [0.05, 0.1) is 0 Å². The van der Waals surface area contributed by atoms with Crippen LogP contribution in [0.1, 0.15) is 82.2 Å². The number of carbonyl (C=O) groups is 3. The number of phenols is 1. The molecule has 0 fully saturated rings. The molecule has 2 aromatic rings. The molecule has 214 valence electrons. The molecule has 8 heteroatoms. The Morgan fingerprint density at radius 1 is 1.00 bits per heavy atom. The van der Waals surface area contributed by atoms with Crippen molar-refractivity contribution < 1.29 is 24.2 Å². The van der Waals surface area contributed by atoms with E-state index in [2.05, 4.69) is 17.6 Å². The van der Waals surface area contributed by atoms with Crippen molar-refractivity contribution >= 4 is 17.9 Å². The maximum Gasteiger partial charge on any atom is 0.408 e. The number of likely N-dealkylation sites (N-methyl/N-ethyl adjacent to an activating group) is 1. The summed E-state index contributed by atoms with van der Waals surface area (Å²) in [6, 6.07) is 10.5. The Bertz CT molecular complexity index is 1110. The summed E-state index contributed by atoms with van der Waals surface area (Å²) in [4.78, 5) is 42.1. The van der Waals surface area contributed by atoms with E-state index < -0.39 is 29.7 Å². The maximum atomic E-state index is 14.2. The van der Waals surface area contributed by atoms with Gasteiger partial charge in [-0.1, -0.05) is 55.7 Å². The predicted molar refractivity (Wildman–Crippen MR) is 154 cm³/mol. The van der Waals surface area contributed by atoms with Gasteiger partial charge in [0.25, 0.3) is 0 Å². The van der Waals surface area contributed by atoms with E-state index >= 15 is 0 Å². The fourth-order valence-corrected chi connectivity index (χ4v) is 4.37. The van der Waals surface area contributed by atoms with Crippen LogP contribution in [0.3, 0.4) is 0 Å².